The molecule has 3 fully saturated rings. The number of nitrogens with two attached hydrogens (primary N) is 1. The molecule has 0 spiro atoms. The third-order valence-corrected chi connectivity index (χ3v) is 6.13. The average Bonchev–Trinajstić information content (AvgIpc) is 2.67. The number of morpholine rings is 1. The maximum absolute atomic E-state index is 12.6. The molecule has 1 amide bonds. The van der Waals surface area contributed by atoms with Crippen LogP contribution < -0.4 is 11.1 Å². The van der Waals surface area contributed by atoms with E-state index in [0.717, 1.165) is 58.9 Å². The Balaban J connectivity index is 0.00000225. The molecule has 7 heteroatoms. The van der Waals surface area contributed by atoms with E-state index in [1.54, 1.807) is 0 Å². The molecule has 1 saturated carbocycles. The summed E-state index contributed by atoms with van der Waals surface area (Å²) in [5, 5.41) is 3.20. The summed E-state index contributed by atoms with van der Waals surface area (Å²) in [6.07, 6.45) is 7.92. The topological polar surface area (TPSA) is 76.8 Å². The maximum atomic E-state index is 12.6. The minimum Gasteiger partial charge on any atom is -0.381 e. The van der Waals surface area contributed by atoms with Crippen molar-refractivity contribution in [3.63, 3.8) is 0 Å². The minimum absolute atomic E-state index is 0. The molecule has 0 aromatic heterocycles. The van der Waals surface area contributed by atoms with Gasteiger partial charge in [-0.2, -0.15) is 0 Å². The predicted molar refractivity (Wildman–Crippen MR) is 100.0 cm³/mol. The molecule has 2 heterocycles. The van der Waals surface area contributed by atoms with Gasteiger partial charge in [0.1, 0.15) is 0 Å². The third-order valence-electron chi connectivity index (χ3n) is 6.13. The van der Waals surface area contributed by atoms with Gasteiger partial charge in [-0.3, -0.25) is 9.69 Å². The molecule has 1 atom stereocenters. The Morgan fingerprint density at radius 2 is 1.68 bits per heavy atom. The van der Waals surface area contributed by atoms with Crippen LogP contribution in [0.15, 0.2) is 0 Å². The smallest absolute Gasteiger partial charge is 0.237 e. The molecule has 25 heavy (non-hydrogen) atoms. The largest absolute Gasteiger partial charge is 0.381 e. The quantitative estimate of drug-likeness (QED) is 0.757. The van der Waals surface area contributed by atoms with E-state index in [-0.39, 0.29) is 29.8 Å². The molecule has 0 radical (unpaired) electrons. The zero-order valence-electron chi connectivity index (χ0n) is 15.2. The number of nitrogens with zero attached hydrogens (tertiary/aromatic N) is 1. The second-order valence-electron chi connectivity index (χ2n) is 7.58. The van der Waals surface area contributed by atoms with Crippen LogP contribution in [0.2, 0.25) is 0 Å². The first-order valence-electron chi connectivity index (χ1n) is 9.65. The Bertz CT molecular complexity index is 406. The molecule has 3 rings (SSSR count). The van der Waals surface area contributed by atoms with Crippen molar-refractivity contribution in [2.24, 2.45) is 11.7 Å². The van der Waals surface area contributed by atoms with Gasteiger partial charge in [0.2, 0.25) is 5.91 Å². The molecule has 0 aromatic carbocycles. The van der Waals surface area contributed by atoms with Crippen LogP contribution in [-0.2, 0) is 14.3 Å². The van der Waals surface area contributed by atoms with Gasteiger partial charge in [0.15, 0.2) is 0 Å². The van der Waals surface area contributed by atoms with Crippen molar-refractivity contribution < 1.29 is 14.3 Å². The molecule has 0 aromatic rings. The monoisotopic (exact) mass is 375 g/mol. The summed E-state index contributed by atoms with van der Waals surface area (Å²) < 4.78 is 10.9. The highest BCUT2D eigenvalue weighted by molar-refractivity contribution is 5.85. The summed E-state index contributed by atoms with van der Waals surface area (Å²) in [7, 11) is 0. The van der Waals surface area contributed by atoms with Gasteiger partial charge >= 0.3 is 0 Å². The number of hydrogen-bond donors (Lipinski definition) is 2. The van der Waals surface area contributed by atoms with Crippen molar-refractivity contribution in [3.05, 3.63) is 0 Å². The van der Waals surface area contributed by atoms with E-state index in [1.807, 2.05) is 0 Å². The summed E-state index contributed by atoms with van der Waals surface area (Å²) in [6.45, 7) is 5.73. The minimum atomic E-state index is -0.403. The lowest BCUT2D eigenvalue weighted by Gasteiger charge is -2.48. The number of rotatable bonds is 5. The van der Waals surface area contributed by atoms with E-state index < -0.39 is 6.04 Å². The molecule has 3 N–H and O–H groups in total. The highest BCUT2D eigenvalue weighted by atomic mass is 35.5. The van der Waals surface area contributed by atoms with Gasteiger partial charge in [0.25, 0.3) is 0 Å². The molecule has 1 aliphatic carbocycles. The molecular weight excluding hydrogens is 342 g/mol. The average molecular weight is 376 g/mol. The number of ether oxygens (including phenoxy) is 2. The van der Waals surface area contributed by atoms with Gasteiger partial charge in [0.05, 0.1) is 19.3 Å². The van der Waals surface area contributed by atoms with Gasteiger partial charge in [-0.25, -0.2) is 0 Å². The van der Waals surface area contributed by atoms with Crippen LogP contribution in [-0.4, -0.2) is 68.4 Å². The maximum Gasteiger partial charge on any atom is 0.237 e. The first kappa shape index (κ1) is 20.9. The van der Waals surface area contributed by atoms with Crippen molar-refractivity contribution in [1.29, 1.82) is 0 Å². The zero-order valence-corrected chi connectivity index (χ0v) is 16.0. The number of carbonyl (C=O) groups is 1. The Morgan fingerprint density at radius 1 is 1.08 bits per heavy atom. The number of amides is 1. The van der Waals surface area contributed by atoms with Crippen LogP contribution >= 0.6 is 12.4 Å². The van der Waals surface area contributed by atoms with Crippen LogP contribution in [0.4, 0.5) is 0 Å². The highest BCUT2D eigenvalue weighted by Crippen LogP contribution is 2.34. The van der Waals surface area contributed by atoms with Crippen LogP contribution in [0.5, 0.6) is 0 Å². The first-order chi connectivity index (χ1) is 11.7. The van der Waals surface area contributed by atoms with E-state index in [2.05, 4.69) is 10.2 Å². The van der Waals surface area contributed by atoms with Gasteiger partial charge < -0.3 is 20.5 Å². The Labute approximate surface area is 157 Å². The normalized spacial score (nSPS) is 26.4. The van der Waals surface area contributed by atoms with E-state index in [4.69, 9.17) is 15.2 Å². The lowest BCUT2D eigenvalue weighted by molar-refractivity contribution is -0.125. The first-order valence-corrected chi connectivity index (χ1v) is 9.65. The standard InChI is InChI=1S/C18H33N3O3.ClH/c19-16(15-4-10-23-11-5-15)17(22)20-14-18(6-2-1-3-7-18)21-8-12-24-13-9-21;/h15-16H,1-14,19H2,(H,20,22);1H. The molecular formula is C18H34ClN3O3. The van der Waals surface area contributed by atoms with Gasteiger partial charge in [-0.1, -0.05) is 19.3 Å². The van der Waals surface area contributed by atoms with Crippen molar-refractivity contribution in [1.82, 2.24) is 10.2 Å². The highest BCUT2D eigenvalue weighted by Gasteiger charge is 2.39. The van der Waals surface area contributed by atoms with E-state index >= 15 is 0 Å². The van der Waals surface area contributed by atoms with Crippen LogP contribution in [0.3, 0.4) is 0 Å². The van der Waals surface area contributed by atoms with Crippen LogP contribution in [0.1, 0.15) is 44.9 Å². The fourth-order valence-corrected chi connectivity index (χ4v) is 4.51. The molecule has 3 aliphatic rings. The Hall–Kier alpha value is -0.400. The number of nitrogens with one attached hydrogen (secondary N) is 1. The number of halogens is 1. The lowest BCUT2D eigenvalue weighted by Crippen LogP contribution is -2.61. The number of hydrogen-bond acceptors (Lipinski definition) is 5. The molecule has 2 aliphatic heterocycles. The second-order valence-corrected chi connectivity index (χ2v) is 7.58. The van der Waals surface area contributed by atoms with Gasteiger partial charge in [-0.05, 0) is 31.6 Å². The summed E-state index contributed by atoms with van der Waals surface area (Å²) in [5.74, 6) is 0.268. The molecule has 146 valence electrons. The zero-order chi connectivity index (χ0) is 16.8. The van der Waals surface area contributed by atoms with Crippen molar-refractivity contribution in [2.75, 3.05) is 46.1 Å². The SMILES string of the molecule is Cl.NC(C(=O)NCC1(N2CCOCC2)CCCCC1)C1CCOCC1. The molecule has 1 unspecified atom stereocenters. The number of carbonyl (C=O) groups excluding carboxylic acids is 1. The fraction of sp³-hybridized carbons (Fsp3) is 0.944. The fourth-order valence-electron chi connectivity index (χ4n) is 4.51. The van der Waals surface area contributed by atoms with Gasteiger partial charge in [0, 0.05) is 38.4 Å². The summed E-state index contributed by atoms with van der Waals surface area (Å²) in [5.41, 5.74) is 6.33. The van der Waals surface area contributed by atoms with E-state index in [1.165, 1.54) is 32.1 Å². The second kappa shape index (κ2) is 10.1. The Morgan fingerprint density at radius 3 is 2.32 bits per heavy atom. The predicted octanol–water partition coefficient (Wildman–Crippen LogP) is 1.31. The van der Waals surface area contributed by atoms with Crippen molar-refractivity contribution in [3.8, 4) is 0 Å². The van der Waals surface area contributed by atoms with Crippen LogP contribution in [0.25, 0.3) is 0 Å². The molecule has 6 nitrogen and oxygen atoms in total. The summed E-state index contributed by atoms with van der Waals surface area (Å²) >= 11 is 0. The van der Waals surface area contributed by atoms with E-state index in [0.29, 0.717) is 0 Å². The lowest BCUT2D eigenvalue weighted by atomic mass is 9.79. The van der Waals surface area contributed by atoms with Crippen LogP contribution in [0, 0.1) is 5.92 Å². The molecule has 2 saturated heterocycles. The third kappa shape index (κ3) is 5.30. The van der Waals surface area contributed by atoms with Crippen molar-refractivity contribution >= 4 is 18.3 Å². The Kier molecular flexibility index (Phi) is 8.42. The van der Waals surface area contributed by atoms with E-state index in [9.17, 15) is 4.79 Å². The summed E-state index contributed by atoms with van der Waals surface area (Å²) in [6, 6.07) is -0.403. The van der Waals surface area contributed by atoms with Gasteiger partial charge in [-0.15, -0.1) is 12.4 Å². The van der Waals surface area contributed by atoms with Crippen molar-refractivity contribution in [2.45, 2.75) is 56.5 Å². The molecule has 0 bridgehead atoms. The summed E-state index contributed by atoms with van der Waals surface area (Å²) in [4.78, 5) is 15.1.